The van der Waals surface area contributed by atoms with Crippen LogP contribution in [0.4, 0.5) is 0 Å². The molecule has 0 bridgehead atoms. The van der Waals surface area contributed by atoms with E-state index in [4.69, 9.17) is 0 Å². The zero-order valence-corrected chi connectivity index (χ0v) is 6.30. The molecule has 0 aromatic rings. The number of rotatable bonds is 5. The molecule has 5 N–H and O–H groups in total. The summed E-state index contributed by atoms with van der Waals surface area (Å²) in [6.45, 7) is 0.789. The van der Waals surface area contributed by atoms with Crippen LogP contribution in [0.15, 0.2) is 0 Å². The second kappa shape index (κ2) is 5.20. The number of nitrogens with two attached hydrogens (primary N) is 1. The van der Waals surface area contributed by atoms with Crippen LogP contribution in [-0.2, 0) is 4.79 Å². The molecular formula is C6H15N2O2+. The zero-order valence-electron chi connectivity index (χ0n) is 6.30. The Kier molecular flexibility index (Phi) is 4.88. The van der Waals surface area contributed by atoms with Gasteiger partial charge in [0.05, 0.1) is 19.6 Å². The minimum Gasteiger partial charge on any atom is -0.544 e. The van der Waals surface area contributed by atoms with Crippen molar-refractivity contribution in [3.8, 4) is 0 Å². The molecule has 0 aromatic heterocycles. The van der Waals surface area contributed by atoms with Crippen molar-refractivity contribution in [3.05, 3.63) is 0 Å². The van der Waals surface area contributed by atoms with Crippen LogP contribution < -0.4 is 16.2 Å². The molecule has 0 spiro atoms. The zero-order chi connectivity index (χ0) is 7.98. The van der Waals surface area contributed by atoms with Crippen LogP contribution in [0.5, 0.6) is 0 Å². The first-order valence-corrected chi connectivity index (χ1v) is 3.52. The molecule has 1 atom stereocenters. The van der Waals surface area contributed by atoms with Gasteiger partial charge in [-0.25, -0.2) is 0 Å². The van der Waals surface area contributed by atoms with Gasteiger partial charge in [-0.05, 0) is 0 Å². The van der Waals surface area contributed by atoms with Gasteiger partial charge in [0.2, 0.25) is 0 Å². The SMILES string of the molecule is C[NH2+][C@@H](CCC[NH3+])C(=O)[O-]. The number of carboxylic acid groups (broad SMARTS) is 1. The summed E-state index contributed by atoms with van der Waals surface area (Å²) < 4.78 is 0. The van der Waals surface area contributed by atoms with Crippen molar-refractivity contribution in [2.24, 2.45) is 0 Å². The fraction of sp³-hybridized carbons (Fsp3) is 0.833. The van der Waals surface area contributed by atoms with E-state index in [1.54, 1.807) is 12.4 Å². The molecule has 0 aliphatic carbocycles. The lowest BCUT2D eigenvalue weighted by Gasteiger charge is -2.11. The number of hydrogen-bond donors (Lipinski definition) is 2. The molecular weight excluding hydrogens is 132 g/mol. The molecule has 0 fully saturated rings. The summed E-state index contributed by atoms with van der Waals surface area (Å²) in [5.74, 6) is -0.976. The number of hydrogen-bond acceptors (Lipinski definition) is 2. The van der Waals surface area contributed by atoms with E-state index in [1.165, 1.54) is 0 Å². The molecule has 10 heavy (non-hydrogen) atoms. The maximum Gasteiger partial charge on any atom is 0.126 e. The predicted octanol–water partition coefficient (Wildman–Crippen LogP) is -3.68. The highest BCUT2D eigenvalue weighted by atomic mass is 16.4. The van der Waals surface area contributed by atoms with E-state index in [2.05, 4.69) is 5.73 Å². The molecule has 0 rings (SSSR count). The van der Waals surface area contributed by atoms with Gasteiger partial charge in [0.25, 0.3) is 0 Å². The van der Waals surface area contributed by atoms with E-state index in [1.807, 2.05) is 0 Å². The summed E-state index contributed by atoms with van der Waals surface area (Å²) in [5.41, 5.74) is 3.62. The second-order valence-corrected chi connectivity index (χ2v) is 2.25. The quantitative estimate of drug-likeness (QED) is 0.420. The number of quaternary nitrogens is 2. The van der Waals surface area contributed by atoms with Crippen molar-refractivity contribution in [1.29, 1.82) is 0 Å². The largest absolute Gasteiger partial charge is 0.544 e. The number of carbonyl (C=O) groups is 1. The van der Waals surface area contributed by atoms with Gasteiger partial charge >= 0.3 is 0 Å². The van der Waals surface area contributed by atoms with Gasteiger partial charge in [0.1, 0.15) is 6.04 Å². The van der Waals surface area contributed by atoms with Crippen LogP contribution in [0.1, 0.15) is 12.8 Å². The van der Waals surface area contributed by atoms with Crippen LogP contribution in [0.3, 0.4) is 0 Å². The Morgan fingerprint density at radius 2 is 2.40 bits per heavy atom. The monoisotopic (exact) mass is 147 g/mol. The van der Waals surface area contributed by atoms with E-state index in [-0.39, 0.29) is 6.04 Å². The number of carbonyl (C=O) groups excluding carboxylic acids is 1. The summed E-state index contributed by atoms with van der Waals surface area (Å²) >= 11 is 0. The third-order valence-corrected chi connectivity index (χ3v) is 1.47. The molecule has 0 radical (unpaired) electrons. The first-order valence-electron chi connectivity index (χ1n) is 3.52. The maximum atomic E-state index is 10.3. The van der Waals surface area contributed by atoms with E-state index in [0.717, 1.165) is 13.0 Å². The van der Waals surface area contributed by atoms with Gasteiger partial charge in [-0.3, -0.25) is 0 Å². The van der Waals surface area contributed by atoms with Gasteiger partial charge in [-0.15, -0.1) is 0 Å². The molecule has 0 unspecified atom stereocenters. The molecule has 0 heterocycles. The molecule has 4 nitrogen and oxygen atoms in total. The molecule has 60 valence electrons. The average Bonchev–Trinajstić information content (AvgIpc) is 1.89. The summed E-state index contributed by atoms with van der Waals surface area (Å²) in [5, 5.41) is 11.9. The van der Waals surface area contributed by atoms with Crippen LogP contribution in [0.2, 0.25) is 0 Å². The van der Waals surface area contributed by atoms with Crippen molar-refractivity contribution >= 4 is 5.97 Å². The Hall–Kier alpha value is -0.610. The highest BCUT2D eigenvalue weighted by Crippen LogP contribution is 1.87. The highest BCUT2D eigenvalue weighted by Gasteiger charge is 2.08. The normalized spacial score (nSPS) is 13.0. The van der Waals surface area contributed by atoms with Gasteiger partial charge in [-0.1, -0.05) is 0 Å². The topological polar surface area (TPSA) is 84.4 Å². The third kappa shape index (κ3) is 3.42. The Morgan fingerprint density at radius 3 is 2.70 bits per heavy atom. The number of carboxylic acids is 1. The lowest BCUT2D eigenvalue weighted by Crippen LogP contribution is -2.89. The lowest BCUT2D eigenvalue weighted by atomic mass is 10.1. The molecule has 0 aliphatic rings. The maximum absolute atomic E-state index is 10.3. The summed E-state index contributed by atoms with van der Waals surface area (Å²) in [7, 11) is 1.74. The molecule has 0 amide bonds. The number of likely N-dealkylation sites (N-methyl/N-ethyl adjacent to an activating group) is 1. The molecule has 4 heteroatoms. The Morgan fingerprint density at radius 1 is 1.80 bits per heavy atom. The van der Waals surface area contributed by atoms with E-state index in [0.29, 0.717) is 6.42 Å². The summed E-state index contributed by atoms with van der Waals surface area (Å²) in [6, 6.07) is -0.387. The smallest absolute Gasteiger partial charge is 0.126 e. The Bertz CT molecular complexity index is 106. The average molecular weight is 147 g/mol. The highest BCUT2D eigenvalue weighted by molar-refractivity contribution is 5.69. The minimum absolute atomic E-state index is 0.387. The first-order chi connectivity index (χ1) is 4.72. The van der Waals surface area contributed by atoms with Crippen molar-refractivity contribution in [2.75, 3.05) is 13.6 Å². The number of aliphatic carboxylic acids is 1. The van der Waals surface area contributed by atoms with E-state index >= 15 is 0 Å². The standard InChI is InChI=1S/C6H14N2O2/c1-8-5(6(9)10)3-2-4-7/h5,8H,2-4,7H2,1H3,(H,9,10)/p+1/t5-/m0/s1. The van der Waals surface area contributed by atoms with Crippen molar-refractivity contribution in [3.63, 3.8) is 0 Å². The van der Waals surface area contributed by atoms with Gasteiger partial charge in [0, 0.05) is 12.8 Å². The molecule has 0 aliphatic heterocycles. The fourth-order valence-electron chi connectivity index (χ4n) is 0.785. The van der Waals surface area contributed by atoms with Crippen LogP contribution in [0.25, 0.3) is 0 Å². The summed E-state index contributed by atoms with van der Waals surface area (Å²) in [4.78, 5) is 10.3. The van der Waals surface area contributed by atoms with E-state index < -0.39 is 5.97 Å². The van der Waals surface area contributed by atoms with Gasteiger partial charge < -0.3 is 21.0 Å². The van der Waals surface area contributed by atoms with E-state index in [9.17, 15) is 9.90 Å². The molecule has 0 saturated heterocycles. The van der Waals surface area contributed by atoms with Gasteiger partial charge in [0.15, 0.2) is 0 Å². The Balaban J connectivity index is 3.50. The Labute approximate surface area is 60.4 Å². The van der Waals surface area contributed by atoms with Crippen molar-refractivity contribution < 1.29 is 21.0 Å². The van der Waals surface area contributed by atoms with Gasteiger partial charge in [-0.2, -0.15) is 0 Å². The molecule has 0 aromatic carbocycles. The summed E-state index contributed by atoms with van der Waals surface area (Å²) in [6.07, 6.45) is 1.51. The third-order valence-electron chi connectivity index (χ3n) is 1.47. The van der Waals surface area contributed by atoms with Crippen LogP contribution >= 0.6 is 0 Å². The van der Waals surface area contributed by atoms with Crippen molar-refractivity contribution in [1.82, 2.24) is 0 Å². The first kappa shape index (κ1) is 9.39. The van der Waals surface area contributed by atoms with Crippen LogP contribution in [0, 0.1) is 0 Å². The lowest BCUT2D eigenvalue weighted by molar-refractivity contribution is -0.658. The second-order valence-electron chi connectivity index (χ2n) is 2.25. The van der Waals surface area contributed by atoms with Crippen LogP contribution in [-0.4, -0.2) is 25.6 Å². The fourth-order valence-corrected chi connectivity index (χ4v) is 0.785. The predicted molar refractivity (Wildman–Crippen MR) is 33.6 cm³/mol. The van der Waals surface area contributed by atoms with Crippen molar-refractivity contribution in [2.45, 2.75) is 18.9 Å². The molecule has 0 saturated carbocycles. The minimum atomic E-state index is -0.976.